The molecule has 1 aromatic carbocycles. The second kappa shape index (κ2) is 10.2. The average Bonchev–Trinajstić information content (AvgIpc) is 3.21. The van der Waals surface area contributed by atoms with E-state index in [1.165, 1.54) is 18.6 Å². The monoisotopic (exact) mass is 492 g/mol. The van der Waals surface area contributed by atoms with Gasteiger partial charge in [-0.2, -0.15) is 18.3 Å². The standard InChI is InChI=1S/C23H27F3N6OS/c1-15(2)34-22-29-19(31-10-4-3-5-11-31)18-14-28-32(20(18)30-22)12-9-27-21(33)16-7-6-8-17(13-16)23(24,25)26/h6-8,13-15H,3-5,9-12H2,1-2H3,(H,27,33). The summed E-state index contributed by atoms with van der Waals surface area (Å²) < 4.78 is 40.5. The first kappa shape index (κ1) is 24.3. The Morgan fingerprint density at radius 2 is 1.94 bits per heavy atom. The third kappa shape index (κ3) is 5.63. The first-order chi connectivity index (χ1) is 16.2. The third-order valence-corrected chi connectivity index (χ3v) is 6.38. The summed E-state index contributed by atoms with van der Waals surface area (Å²) in [5.74, 6) is 0.314. The molecule has 4 rings (SSSR count). The second-order valence-corrected chi connectivity index (χ2v) is 10.0. The van der Waals surface area contributed by atoms with Gasteiger partial charge in [0.15, 0.2) is 10.8 Å². The van der Waals surface area contributed by atoms with E-state index in [1.54, 1.807) is 22.6 Å². The number of nitrogens with one attached hydrogen (secondary N) is 1. The maximum absolute atomic E-state index is 12.9. The summed E-state index contributed by atoms with van der Waals surface area (Å²) in [5.41, 5.74) is -0.201. The van der Waals surface area contributed by atoms with Crippen LogP contribution in [0.5, 0.6) is 0 Å². The topological polar surface area (TPSA) is 75.9 Å². The van der Waals surface area contributed by atoms with E-state index in [-0.39, 0.29) is 12.1 Å². The highest BCUT2D eigenvalue weighted by Crippen LogP contribution is 2.31. The summed E-state index contributed by atoms with van der Waals surface area (Å²) in [6, 6.07) is 4.39. The van der Waals surface area contributed by atoms with Gasteiger partial charge in [0.2, 0.25) is 0 Å². The lowest BCUT2D eigenvalue weighted by Gasteiger charge is -2.28. The molecule has 1 saturated heterocycles. The highest BCUT2D eigenvalue weighted by Gasteiger charge is 2.31. The lowest BCUT2D eigenvalue weighted by atomic mass is 10.1. The van der Waals surface area contributed by atoms with E-state index in [0.29, 0.717) is 22.6 Å². The Hall–Kier alpha value is -2.82. The zero-order valence-electron chi connectivity index (χ0n) is 19.1. The first-order valence-electron chi connectivity index (χ1n) is 11.3. The van der Waals surface area contributed by atoms with Crippen LogP contribution < -0.4 is 10.2 Å². The lowest BCUT2D eigenvalue weighted by molar-refractivity contribution is -0.137. The fraction of sp³-hybridized carbons (Fsp3) is 0.478. The van der Waals surface area contributed by atoms with Gasteiger partial charge in [-0.25, -0.2) is 14.6 Å². The molecule has 1 amide bonds. The molecular formula is C23H27F3N6OS. The van der Waals surface area contributed by atoms with Crippen molar-refractivity contribution in [1.82, 2.24) is 25.1 Å². The molecule has 0 aliphatic carbocycles. The lowest BCUT2D eigenvalue weighted by Crippen LogP contribution is -2.30. The van der Waals surface area contributed by atoms with Crippen LogP contribution >= 0.6 is 11.8 Å². The molecule has 1 fully saturated rings. The molecule has 0 bridgehead atoms. The zero-order chi connectivity index (χ0) is 24.3. The molecule has 0 radical (unpaired) electrons. The van der Waals surface area contributed by atoms with Crippen LogP contribution in [-0.4, -0.2) is 50.5 Å². The quantitative estimate of drug-likeness (QED) is 0.378. The van der Waals surface area contributed by atoms with E-state index in [9.17, 15) is 18.0 Å². The number of fused-ring (bicyclic) bond motifs is 1. The van der Waals surface area contributed by atoms with Crippen molar-refractivity contribution in [2.24, 2.45) is 0 Å². The largest absolute Gasteiger partial charge is 0.416 e. The summed E-state index contributed by atoms with van der Waals surface area (Å²) in [7, 11) is 0. The Morgan fingerprint density at radius 1 is 1.18 bits per heavy atom. The highest BCUT2D eigenvalue weighted by atomic mass is 32.2. The van der Waals surface area contributed by atoms with E-state index in [2.05, 4.69) is 29.2 Å². The summed E-state index contributed by atoms with van der Waals surface area (Å²) in [6.45, 7) is 6.57. The predicted octanol–water partition coefficient (Wildman–Crippen LogP) is 4.77. The van der Waals surface area contributed by atoms with Gasteiger partial charge < -0.3 is 10.2 Å². The van der Waals surface area contributed by atoms with Gasteiger partial charge in [-0.3, -0.25) is 4.79 Å². The third-order valence-electron chi connectivity index (χ3n) is 5.51. The molecule has 0 unspecified atom stereocenters. The normalized spacial score (nSPS) is 14.7. The van der Waals surface area contributed by atoms with Crippen molar-refractivity contribution < 1.29 is 18.0 Å². The summed E-state index contributed by atoms with van der Waals surface area (Å²) in [4.78, 5) is 24.2. The second-order valence-electron chi connectivity index (χ2n) is 8.48. The number of hydrogen-bond donors (Lipinski definition) is 1. The van der Waals surface area contributed by atoms with Crippen LogP contribution in [-0.2, 0) is 12.7 Å². The minimum atomic E-state index is -4.50. The molecule has 34 heavy (non-hydrogen) atoms. The van der Waals surface area contributed by atoms with Gasteiger partial charge in [-0.1, -0.05) is 31.7 Å². The number of halogens is 3. The Morgan fingerprint density at radius 3 is 2.65 bits per heavy atom. The first-order valence-corrected chi connectivity index (χ1v) is 12.2. The van der Waals surface area contributed by atoms with Crippen LogP contribution in [0.2, 0.25) is 0 Å². The molecule has 3 aromatic rings. The van der Waals surface area contributed by atoms with Crippen molar-refractivity contribution in [3.05, 3.63) is 41.6 Å². The Balaban J connectivity index is 1.51. The predicted molar refractivity (Wildman–Crippen MR) is 126 cm³/mol. The summed E-state index contributed by atoms with van der Waals surface area (Å²) in [5, 5.41) is 9.00. The summed E-state index contributed by atoms with van der Waals surface area (Å²) >= 11 is 1.58. The number of carbonyl (C=O) groups excluding carboxylic acids is 1. The van der Waals surface area contributed by atoms with Crippen molar-refractivity contribution in [1.29, 1.82) is 0 Å². The number of piperidine rings is 1. The van der Waals surface area contributed by atoms with Crippen molar-refractivity contribution >= 4 is 34.5 Å². The number of nitrogens with zero attached hydrogens (tertiary/aromatic N) is 5. The van der Waals surface area contributed by atoms with Gasteiger partial charge in [0.05, 0.1) is 23.7 Å². The maximum Gasteiger partial charge on any atom is 0.416 e. The number of anilines is 1. The average molecular weight is 493 g/mol. The maximum atomic E-state index is 12.9. The number of thioether (sulfide) groups is 1. The van der Waals surface area contributed by atoms with Gasteiger partial charge in [0.25, 0.3) is 5.91 Å². The van der Waals surface area contributed by atoms with Gasteiger partial charge in [-0.05, 0) is 37.5 Å². The fourth-order valence-electron chi connectivity index (χ4n) is 3.91. The molecular weight excluding hydrogens is 465 g/mol. The van der Waals surface area contributed by atoms with Gasteiger partial charge in [0, 0.05) is 30.4 Å². The molecule has 182 valence electrons. The zero-order valence-corrected chi connectivity index (χ0v) is 19.9. The number of aromatic nitrogens is 4. The minimum Gasteiger partial charge on any atom is -0.356 e. The van der Waals surface area contributed by atoms with Crippen LogP contribution in [0.3, 0.4) is 0 Å². The van der Waals surface area contributed by atoms with Crippen LogP contribution in [0.25, 0.3) is 11.0 Å². The van der Waals surface area contributed by atoms with Crippen molar-refractivity contribution in [2.45, 2.75) is 56.2 Å². The number of alkyl halides is 3. The summed E-state index contributed by atoms with van der Waals surface area (Å²) in [6.07, 6.45) is 0.699. The van der Waals surface area contributed by atoms with Crippen LogP contribution in [0.4, 0.5) is 19.0 Å². The molecule has 7 nitrogen and oxygen atoms in total. The van der Waals surface area contributed by atoms with Gasteiger partial charge in [-0.15, -0.1) is 0 Å². The number of benzene rings is 1. The number of amides is 1. The van der Waals surface area contributed by atoms with Gasteiger partial charge >= 0.3 is 6.18 Å². The van der Waals surface area contributed by atoms with Gasteiger partial charge in [0.1, 0.15) is 5.82 Å². The molecule has 3 heterocycles. The Kier molecular flexibility index (Phi) is 7.30. The van der Waals surface area contributed by atoms with E-state index in [1.807, 2.05) is 0 Å². The Labute approximate surface area is 200 Å². The molecule has 0 saturated carbocycles. The molecule has 1 N–H and O–H groups in total. The van der Waals surface area contributed by atoms with Crippen LogP contribution in [0, 0.1) is 0 Å². The van der Waals surface area contributed by atoms with E-state index >= 15 is 0 Å². The molecule has 11 heteroatoms. The van der Waals surface area contributed by atoms with Crippen LogP contribution in [0.1, 0.15) is 49.0 Å². The van der Waals surface area contributed by atoms with E-state index < -0.39 is 17.6 Å². The highest BCUT2D eigenvalue weighted by molar-refractivity contribution is 7.99. The minimum absolute atomic E-state index is 0.0366. The molecule has 1 aliphatic rings. The SMILES string of the molecule is CC(C)Sc1nc(N2CCCCC2)c2cnn(CCNC(=O)c3cccc(C(F)(F)F)c3)c2n1. The van der Waals surface area contributed by atoms with E-state index in [4.69, 9.17) is 9.97 Å². The number of hydrogen-bond acceptors (Lipinski definition) is 6. The smallest absolute Gasteiger partial charge is 0.356 e. The van der Waals surface area contributed by atoms with Crippen molar-refractivity contribution in [3.8, 4) is 0 Å². The van der Waals surface area contributed by atoms with Crippen molar-refractivity contribution in [2.75, 3.05) is 24.5 Å². The molecule has 2 aromatic heterocycles. The molecule has 1 aliphatic heterocycles. The van der Waals surface area contributed by atoms with Crippen LogP contribution in [0.15, 0.2) is 35.6 Å². The Bertz CT molecular complexity index is 1160. The molecule has 0 atom stereocenters. The van der Waals surface area contributed by atoms with Crippen molar-refractivity contribution in [3.63, 3.8) is 0 Å². The fourth-order valence-corrected chi connectivity index (χ4v) is 4.61. The molecule has 0 spiro atoms. The number of carbonyl (C=O) groups is 1. The van der Waals surface area contributed by atoms with E-state index in [0.717, 1.165) is 49.3 Å². The number of rotatable bonds is 7.